The van der Waals surface area contributed by atoms with E-state index in [0.29, 0.717) is 17.9 Å². The van der Waals surface area contributed by atoms with Crippen LogP contribution in [0, 0.1) is 0 Å². The van der Waals surface area contributed by atoms with Gasteiger partial charge in [-0.25, -0.2) is 4.99 Å². The number of phenols is 1. The summed E-state index contributed by atoms with van der Waals surface area (Å²) in [6, 6.07) is 15.1. The van der Waals surface area contributed by atoms with Gasteiger partial charge in [-0.1, -0.05) is 24.3 Å². The van der Waals surface area contributed by atoms with Gasteiger partial charge in [-0.2, -0.15) is 0 Å². The Balaban J connectivity index is 1.62. The number of carbonyl (C=O) groups is 1. The van der Waals surface area contributed by atoms with Crippen LogP contribution in [0.2, 0.25) is 0 Å². The van der Waals surface area contributed by atoms with Gasteiger partial charge in [-0.3, -0.25) is 4.79 Å². The van der Waals surface area contributed by atoms with E-state index in [4.69, 9.17) is 4.99 Å². The monoisotopic (exact) mass is 409 g/mol. The highest BCUT2D eigenvalue weighted by Crippen LogP contribution is 2.27. The van der Waals surface area contributed by atoms with E-state index in [1.807, 2.05) is 42.5 Å². The summed E-state index contributed by atoms with van der Waals surface area (Å²) in [6.07, 6.45) is 0. The maximum atomic E-state index is 12.0. The number of guanidine groups is 1. The molecule has 1 heterocycles. The van der Waals surface area contributed by atoms with Crippen molar-refractivity contribution >= 4 is 17.6 Å². The fourth-order valence-corrected chi connectivity index (χ4v) is 3.49. The fourth-order valence-electron chi connectivity index (χ4n) is 3.49. The minimum Gasteiger partial charge on any atom is -0.506 e. The molecule has 3 rings (SSSR count). The predicted octanol–water partition coefficient (Wildman–Crippen LogP) is 2.38. The van der Waals surface area contributed by atoms with E-state index < -0.39 is 0 Å². The van der Waals surface area contributed by atoms with E-state index in [-0.39, 0.29) is 5.91 Å². The highest BCUT2D eigenvalue weighted by Gasteiger charge is 2.21. The van der Waals surface area contributed by atoms with Crippen molar-refractivity contribution < 1.29 is 9.90 Å². The molecule has 2 aromatic carbocycles. The van der Waals surface area contributed by atoms with Gasteiger partial charge in [0.1, 0.15) is 5.75 Å². The van der Waals surface area contributed by atoms with Crippen LogP contribution < -0.4 is 10.2 Å². The number of anilines is 1. The number of aromatic hydroxyl groups is 1. The van der Waals surface area contributed by atoms with Gasteiger partial charge in [-0.05, 0) is 36.8 Å². The Morgan fingerprint density at radius 1 is 1.07 bits per heavy atom. The number of para-hydroxylation sites is 2. The summed E-state index contributed by atoms with van der Waals surface area (Å²) >= 11 is 0. The molecule has 1 aliphatic rings. The van der Waals surface area contributed by atoms with Crippen LogP contribution >= 0.6 is 0 Å². The van der Waals surface area contributed by atoms with Crippen molar-refractivity contribution in [3.05, 3.63) is 59.7 Å². The second kappa shape index (κ2) is 10.0. The number of benzene rings is 2. The summed E-state index contributed by atoms with van der Waals surface area (Å²) in [5.41, 5.74) is 2.62. The molecule has 0 bridgehead atoms. The molecule has 30 heavy (non-hydrogen) atoms. The Labute approximate surface area is 178 Å². The smallest absolute Gasteiger partial charge is 0.253 e. The first-order chi connectivity index (χ1) is 14.5. The molecule has 160 valence electrons. The van der Waals surface area contributed by atoms with Crippen LogP contribution in [0.25, 0.3) is 0 Å². The summed E-state index contributed by atoms with van der Waals surface area (Å²) < 4.78 is 0. The second-order valence-corrected chi connectivity index (χ2v) is 7.53. The van der Waals surface area contributed by atoms with Gasteiger partial charge in [0.05, 0.1) is 12.2 Å². The van der Waals surface area contributed by atoms with Crippen LogP contribution in [0.15, 0.2) is 53.5 Å². The predicted molar refractivity (Wildman–Crippen MR) is 121 cm³/mol. The highest BCUT2D eigenvalue weighted by atomic mass is 16.3. The molecule has 2 N–H and O–H groups in total. The Morgan fingerprint density at radius 3 is 2.33 bits per heavy atom. The van der Waals surface area contributed by atoms with Crippen LogP contribution in [0.3, 0.4) is 0 Å². The summed E-state index contributed by atoms with van der Waals surface area (Å²) in [7, 11) is 3.50. The summed E-state index contributed by atoms with van der Waals surface area (Å²) in [6.45, 7) is 6.72. The minimum atomic E-state index is 0.000661. The third-order valence-corrected chi connectivity index (χ3v) is 5.15. The molecule has 7 heteroatoms. The molecule has 0 spiro atoms. The van der Waals surface area contributed by atoms with E-state index in [1.54, 1.807) is 25.1 Å². The Kier molecular flexibility index (Phi) is 7.17. The number of nitrogens with one attached hydrogen (secondary N) is 1. The van der Waals surface area contributed by atoms with Crippen molar-refractivity contribution in [2.75, 3.05) is 51.7 Å². The molecule has 0 aliphatic carbocycles. The summed E-state index contributed by atoms with van der Waals surface area (Å²) in [4.78, 5) is 22.9. The molecule has 0 radical (unpaired) electrons. The number of nitrogens with zero attached hydrogens (tertiary/aromatic N) is 4. The van der Waals surface area contributed by atoms with E-state index in [0.717, 1.165) is 49.9 Å². The lowest BCUT2D eigenvalue weighted by Crippen LogP contribution is -2.52. The van der Waals surface area contributed by atoms with Crippen molar-refractivity contribution in [1.29, 1.82) is 0 Å². The first-order valence-electron chi connectivity index (χ1n) is 10.4. The van der Waals surface area contributed by atoms with E-state index in [9.17, 15) is 9.90 Å². The van der Waals surface area contributed by atoms with E-state index in [2.05, 4.69) is 22.0 Å². The van der Waals surface area contributed by atoms with E-state index in [1.165, 1.54) is 0 Å². The minimum absolute atomic E-state index is 0.000661. The highest BCUT2D eigenvalue weighted by molar-refractivity contribution is 5.93. The lowest BCUT2D eigenvalue weighted by molar-refractivity contribution is 0.0827. The fraction of sp³-hybridized carbons (Fsp3) is 0.391. The largest absolute Gasteiger partial charge is 0.506 e. The van der Waals surface area contributed by atoms with Crippen LogP contribution in [0.1, 0.15) is 22.8 Å². The number of rotatable bonds is 5. The van der Waals surface area contributed by atoms with Gasteiger partial charge in [-0.15, -0.1) is 0 Å². The van der Waals surface area contributed by atoms with Crippen molar-refractivity contribution in [1.82, 2.24) is 15.1 Å². The van der Waals surface area contributed by atoms with Gasteiger partial charge in [0.15, 0.2) is 5.96 Å². The average Bonchev–Trinajstić information content (AvgIpc) is 2.77. The lowest BCUT2D eigenvalue weighted by Gasteiger charge is -2.37. The van der Waals surface area contributed by atoms with Crippen LogP contribution in [-0.2, 0) is 6.54 Å². The molecule has 0 atom stereocenters. The molecule has 0 aromatic heterocycles. The molecular weight excluding hydrogens is 378 g/mol. The third kappa shape index (κ3) is 5.23. The van der Waals surface area contributed by atoms with Crippen molar-refractivity contribution in [3.8, 4) is 5.75 Å². The summed E-state index contributed by atoms with van der Waals surface area (Å²) in [5.74, 6) is 1.21. The maximum absolute atomic E-state index is 12.0. The zero-order chi connectivity index (χ0) is 21.5. The molecule has 0 unspecified atom stereocenters. The van der Waals surface area contributed by atoms with Crippen molar-refractivity contribution in [3.63, 3.8) is 0 Å². The second-order valence-electron chi connectivity index (χ2n) is 7.53. The number of phenolic OH excluding ortho intramolecular Hbond substituents is 1. The quantitative estimate of drug-likeness (QED) is 0.586. The number of hydrogen-bond donors (Lipinski definition) is 2. The number of carbonyl (C=O) groups excluding carboxylic acids is 1. The Morgan fingerprint density at radius 2 is 1.73 bits per heavy atom. The van der Waals surface area contributed by atoms with Crippen LogP contribution in [0.5, 0.6) is 5.75 Å². The molecule has 7 nitrogen and oxygen atoms in total. The molecule has 1 amide bonds. The standard InChI is InChI=1S/C23H31N5O2/c1-4-24-23(25-17-18-9-11-19(12-10-18)22(30)26(2)3)28-15-13-27(14-16-28)20-7-5-6-8-21(20)29/h5-12,29H,4,13-17H2,1-3H3,(H,24,25). The zero-order valence-corrected chi connectivity index (χ0v) is 18.0. The molecule has 1 aliphatic heterocycles. The van der Waals surface area contributed by atoms with Gasteiger partial charge >= 0.3 is 0 Å². The lowest BCUT2D eigenvalue weighted by atomic mass is 10.1. The first kappa shape index (κ1) is 21.5. The number of piperazine rings is 1. The Bertz CT molecular complexity index is 871. The van der Waals surface area contributed by atoms with Crippen LogP contribution in [-0.4, -0.2) is 73.6 Å². The molecular formula is C23H31N5O2. The Hall–Kier alpha value is -3.22. The molecule has 0 saturated carbocycles. The SMILES string of the molecule is CCNC(=NCc1ccc(C(=O)N(C)C)cc1)N1CCN(c2ccccc2O)CC1. The van der Waals surface area contributed by atoms with E-state index >= 15 is 0 Å². The molecule has 1 fully saturated rings. The van der Waals surface area contributed by atoms with Crippen molar-refractivity contribution in [2.24, 2.45) is 4.99 Å². The average molecular weight is 410 g/mol. The zero-order valence-electron chi connectivity index (χ0n) is 18.0. The van der Waals surface area contributed by atoms with Gasteiger partial charge in [0.25, 0.3) is 5.91 Å². The topological polar surface area (TPSA) is 71.4 Å². The van der Waals surface area contributed by atoms with Gasteiger partial charge in [0, 0.05) is 52.4 Å². The molecule has 2 aromatic rings. The first-order valence-corrected chi connectivity index (χ1v) is 10.4. The van der Waals surface area contributed by atoms with Crippen molar-refractivity contribution in [2.45, 2.75) is 13.5 Å². The maximum Gasteiger partial charge on any atom is 0.253 e. The van der Waals surface area contributed by atoms with Crippen LogP contribution in [0.4, 0.5) is 5.69 Å². The summed E-state index contributed by atoms with van der Waals surface area (Å²) in [5, 5.41) is 13.5. The molecule has 1 saturated heterocycles. The number of hydrogen-bond acceptors (Lipinski definition) is 4. The normalized spacial score (nSPS) is 14.6. The number of amides is 1. The van der Waals surface area contributed by atoms with Gasteiger partial charge in [0.2, 0.25) is 0 Å². The third-order valence-electron chi connectivity index (χ3n) is 5.15. The van der Waals surface area contributed by atoms with Gasteiger partial charge < -0.3 is 25.1 Å². The number of aliphatic imine (C=N–C) groups is 1.